The molecule has 1 aliphatic rings. The number of nitrogens with zero attached hydrogens (tertiary/aromatic N) is 1. The SMILES string of the molecule is COC1CCN(c2ccc(NC(=O)CCSc3ccccc3)cc2)C1. The van der Waals surface area contributed by atoms with Gasteiger partial charge in [0.25, 0.3) is 0 Å². The third-order valence-electron chi connectivity index (χ3n) is 4.34. The van der Waals surface area contributed by atoms with Crippen LogP contribution in [-0.2, 0) is 9.53 Å². The molecule has 2 aromatic carbocycles. The largest absolute Gasteiger partial charge is 0.380 e. The molecule has 1 amide bonds. The second-order valence-electron chi connectivity index (χ2n) is 6.10. The maximum Gasteiger partial charge on any atom is 0.225 e. The number of anilines is 2. The van der Waals surface area contributed by atoms with Crippen LogP contribution in [0.2, 0.25) is 0 Å². The Hall–Kier alpha value is -1.98. The van der Waals surface area contributed by atoms with Gasteiger partial charge in [-0.1, -0.05) is 18.2 Å². The molecule has 0 bridgehead atoms. The van der Waals surface area contributed by atoms with Crippen LogP contribution in [0.25, 0.3) is 0 Å². The standard InChI is InChI=1S/C20H24N2O2S/c1-24-18-11-13-22(15-18)17-9-7-16(8-10-17)21-20(23)12-14-25-19-5-3-2-4-6-19/h2-10,18H,11-15H2,1H3,(H,21,23). The van der Waals surface area contributed by atoms with E-state index in [1.807, 2.05) is 30.3 Å². The monoisotopic (exact) mass is 356 g/mol. The summed E-state index contributed by atoms with van der Waals surface area (Å²) in [7, 11) is 1.77. The van der Waals surface area contributed by atoms with E-state index in [0.717, 1.165) is 31.0 Å². The van der Waals surface area contributed by atoms with Crippen molar-refractivity contribution >= 4 is 29.0 Å². The van der Waals surface area contributed by atoms with Gasteiger partial charge in [0.05, 0.1) is 6.10 Å². The molecule has 2 aromatic rings. The number of carbonyl (C=O) groups is 1. The number of thioether (sulfide) groups is 1. The predicted octanol–water partition coefficient (Wildman–Crippen LogP) is 4.03. The third kappa shape index (κ3) is 5.25. The molecular weight excluding hydrogens is 332 g/mol. The Morgan fingerprint density at radius 1 is 1.20 bits per heavy atom. The highest BCUT2D eigenvalue weighted by atomic mass is 32.2. The molecule has 0 radical (unpaired) electrons. The second kappa shape index (κ2) is 8.92. The topological polar surface area (TPSA) is 41.6 Å². The summed E-state index contributed by atoms with van der Waals surface area (Å²) >= 11 is 1.70. The number of hydrogen-bond acceptors (Lipinski definition) is 4. The number of methoxy groups -OCH3 is 1. The van der Waals surface area contributed by atoms with E-state index in [1.165, 1.54) is 10.6 Å². The summed E-state index contributed by atoms with van der Waals surface area (Å²) in [5.41, 5.74) is 2.03. The first-order chi connectivity index (χ1) is 12.2. The van der Waals surface area contributed by atoms with Crippen LogP contribution in [0, 0.1) is 0 Å². The molecule has 0 aromatic heterocycles. The van der Waals surface area contributed by atoms with Crippen molar-refractivity contribution < 1.29 is 9.53 Å². The van der Waals surface area contributed by atoms with E-state index in [1.54, 1.807) is 18.9 Å². The molecule has 0 aliphatic carbocycles. The van der Waals surface area contributed by atoms with Crippen molar-refractivity contribution in [1.29, 1.82) is 0 Å². The van der Waals surface area contributed by atoms with Gasteiger partial charge in [-0.15, -0.1) is 11.8 Å². The van der Waals surface area contributed by atoms with E-state index in [2.05, 4.69) is 34.5 Å². The van der Waals surface area contributed by atoms with Crippen molar-refractivity contribution in [3.8, 4) is 0 Å². The zero-order valence-corrected chi connectivity index (χ0v) is 15.3. The molecule has 0 spiro atoms. The fourth-order valence-electron chi connectivity index (χ4n) is 2.91. The van der Waals surface area contributed by atoms with Crippen molar-refractivity contribution in [2.75, 3.05) is 36.2 Å². The maximum atomic E-state index is 12.1. The number of hydrogen-bond donors (Lipinski definition) is 1. The fraction of sp³-hybridized carbons (Fsp3) is 0.350. The summed E-state index contributed by atoms with van der Waals surface area (Å²) < 4.78 is 5.41. The third-order valence-corrected chi connectivity index (χ3v) is 5.35. The van der Waals surface area contributed by atoms with Crippen molar-refractivity contribution in [1.82, 2.24) is 0 Å². The highest BCUT2D eigenvalue weighted by Gasteiger charge is 2.22. The summed E-state index contributed by atoms with van der Waals surface area (Å²) in [6.45, 7) is 1.94. The number of nitrogens with one attached hydrogen (secondary N) is 1. The van der Waals surface area contributed by atoms with Gasteiger partial charge in [0.2, 0.25) is 5.91 Å². The lowest BCUT2D eigenvalue weighted by Gasteiger charge is -2.18. The van der Waals surface area contributed by atoms with Crippen LogP contribution >= 0.6 is 11.8 Å². The van der Waals surface area contributed by atoms with Crippen LogP contribution in [-0.4, -0.2) is 38.0 Å². The number of ether oxygens (including phenoxy) is 1. The van der Waals surface area contributed by atoms with Gasteiger partial charge in [-0.25, -0.2) is 0 Å². The van der Waals surface area contributed by atoms with Gasteiger partial charge < -0.3 is 15.0 Å². The molecule has 1 unspecified atom stereocenters. The Balaban J connectivity index is 1.44. The summed E-state index contributed by atoms with van der Waals surface area (Å²) in [4.78, 5) is 15.6. The smallest absolute Gasteiger partial charge is 0.225 e. The fourth-order valence-corrected chi connectivity index (χ4v) is 3.79. The van der Waals surface area contributed by atoms with Gasteiger partial charge in [-0.2, -0.15) is 0 Å². The highest BCUT2D eigenvalue weighted by Crippen LogP contribution is 2.23. The Bertz CT molecular complexity index is 676. The number of carbonyl (C=O) groups excluding carboxylic acids is 1. The highest BCUT2D eigenvalue weighted by molar-refractivity contribution is 7.99. The van der Waals surface area contributed by atoms with Crippen LogP contribution in [0.1, 0.15) is 12.8 Å². The van der Waals surface area contributed by atoms with Gasteiger partial charge in [0.15, 0.2) is 0 Å². The zero-order valence-electron chi connectivity index (χ0n) is 14.5. The van der Waals surface area contributed by atoms with Crippen LogP contribution in [0.3, 0.4) is 0 Å². The van der Waals surface area contributed by atoms with Gasteiger partial charge >= 0.3 is 0 Å². The average Bonchev–Trinajstić information content (AvgIpc) is 3.12. The van der Waals surface area contributed by atoms with Crippen molar-refractivity contribution in [3.63, 3.8) is 0 Å². The van der Waals surface area contributed by atoms with Gasteiger partial charge in [-0.3, -0.25) is 4.79 Å². The molecule has 1 fully saturated rings. The Morgan fingerprint density at radius 3 is 2.64 bits per heavy atom. The Kier molecular flexibility index (Phi) is 6.36. The molecule has 3 rings (SSSR count). The molecule has 25 heavy (non-hydrogen) atoms. The van der Waals surface area contributed by atoms with Crippen molar-refractivity contribution in [2.24, 2.45) is 0 Å². The van der Waals surface area contributed by atoms with Gasteiger partial charge in [0, 0.05) is 48.6 Å². The number of rotatable bonds is 7. The van der Waals surface area contributed by atoms with E-state index < -0.39 is 0 Å². The molecule has 1 N–H and O–H groups in total. The molecule has 0 saturated carbocycles. The predicted molar refractivity (Wildman–Crippen MR) is 104 cm³/mol. The minimum absolute atomic E-state index is 0.0526. The number of amides is 1. The maximum absolute atomic E-state index is 12.1. The first-order valence-electron chi connectivity index (χ1n) is 8.60. The van der Waals surface area contributed by atoms with E-state index in [-0.39, 0.29) is 5.91 Å². The van der Waals surface area contributed by atoms with E-state index in [9.17, 15) is 4.79 Å². The summed E-state index contributed by atoms with van der Waals surface area (Å²) in [6, 6.07) is 18.2. The lowest BCUT2D eigenvalue weighted by molar-refractivity contribution is -0.115. The average molecular weight is 356 g/mol. The normalized spacial score (nSPS) is 16.8. The van der Waals surface area contributed by atoms with Gasteiger partial charge in [-0.05, 0) is 42.8 Å². The van der Waals surface area contributed by atoms with Crippen LogP contribution in [0.5, 0.6) is 0 Å². The summed E-state index contributed by atoms with van der Waals surface area (Å²) in [6.07, 6.45) is 1.89. The quantitative estimate of drug-likeness (QED) is 0.761. The van der Waals surface area contributed by atoms with Gasteiger partial charge in [0.1, 0.15) is 0 Å². The van der Waals surface area contributed by atoms with E-state index in [0.29, 0.717) is 12.5 Å². The van der Waals surface area contributed by atoms with Crippen LogP contribution < -0.4 is 10.2 Å². The van der Waals surface area contributed by atoms with E-state index in [4.69, 9.17) is 4.74 Å². The molecule has 1 heterocycles. The zero-order chi connectivity index (χ0) is 17.5. The van der Waals surface area contributed by atoms with Crippen molar-refractivity contribution in [3.05, 3.63) is 54.6 Å². The second-order valence-corrected chi connectivity index (χ2v) is 7.27. The lowest BCUT2D eigenvalue weighted by atomic mass is 10.2. The summed E-state index contributed by atoms with van der Waals surface area (Å²) in [5.74, 6) is 0.830. The van der Waals surface area contributed by atoms with Crippen LogP contribution in [0.15, 0.2) is 59.5 Å². The first kappa shape index (κ1) is 17.8. The molecule has 1 saturated heterocycles. The number of benzene rings is 2. The minimum atomic E-state index is 0.0526. The molecule has 1 atom stereocenters. The molecule has 4 nitrogen and oxygen atoms in total. The Morgan fingerprint density at radius 2 is 1.96 bits per heavy atom. The first-order valence-corrected chi connectivity index (χ1v) is 9.58. The minimum Gasteiger partial charge on any atom is -0.380 e. The molecule has 1 aliphatic heterocycles. The molecular formula is C20H24N2O2S. The lowest BCUT2D eigenvalue weighted by Crippen LogP contribution is -2.22. The Labute approximate surface area is 153 Å². The van der Waals surface area contributed by atoms with Crippen LogP contribution in [0.4, 0.5) is 11.4 Å². The molecule has 5 heteroatoms. The molecule has 132 valence electrons. The summed E-state index contributed by atoms with van der Waals surface area (Å²) in [5, 5.41) is 2.97. The van der Waals surface area contributed by atoms with E-state index >= 15 is 0 Å². The van der Waals surface area contributed by atoms with Crippen molar-refractivity contribution in [2.45, 2.75) is 23.8 Å².